The Kier molecular flexibility index (Phi) is 6.66. The molecule has 2 rings (SSSR count). The zero-order chi connectivity index (χ0) is 17.4. The minimum Gasteiger partial charge on any atom is -0.355 e. The van der Waals surface area contributed by atoms with E-state index in [-0.39, 0.29) is 18.1 Å². The first kappa shape index (κ1) is 17.8. The molecule has 1 aromatic carbocycles. The van der Waals surface area contributed by atoms with Crippen molar-refractivity contribution in [3.63, 3.8) is 0 Å². The standard InChI is InChI=1S/C18H23FN4O/c1-3-10-23(11-4-2)17-9-8-16(21-22-17)20-18(24)13-14-6-5-7-15(19)12-14/h5-9,12H,3-4,10-11,13H2,1-2H3,(H,20,21,24). The van der Waals surface area contributed by atoms with E-state index in [0.717, 1.165) is 31.7 Å². The Balaban J connectivity index is 1.96. The van der Waals surface area contributed by atoms with Crippen LogP contribution in [-0.2, 0) is 11.2 Å². The van der Waals surface area contributed by atoms with Gasteiger partial charge in [-0.3, -0.25) is 4.79 Å². The molecule has 1 aromatic heterocycles. The molecule has 24 heavy (non-hydrogen) atoms. The number of hydrogen-bond donors (Lipinski definition) is 1. The number of hydrogen-bond acceptors (Lipinski definition) is 4. The van der Waals surface area contributed by atoms with Gasteiger partial charge in [-0.05, 0) is 42.7 Å². The van der Waals surface area contributed by atoms with Gasteiger partial charge in [-0.2, -0.15) is 0 Å². The van der Waals surface area contributed by atoms with Crippen molar-refractivity contribution in [3.05, 3.63) is 47.8 Å². The molecular weight excluding hydrogens is 307 g/mol. The summed E-state index contributed by atoms with van der Waals surface area (Å²) in [5.74, 6) is 0.605. The normalized spacial score (nSPS) is 10.5. The van der Waals surface area contributed by atoms with Gasteiger partial charge in [-0.25, -0.2) is 4.39 Å². The first-order valence-electron chi connectivity index (χ1n) is 8.25. The van der Waals surface area contributed by atoms with Crippen LogP contribution in [-0.4, -0.2) is 29.2 Å². The fraction of sp³-hybridized carbons (Fsp3) is 0.389. The highest BCUT2D eigenvalue weighted by Crippen LogP contribution is 2.13. The Bertz CT molecular complexity index is 654. The molecule has 128 valence electrons. The van der Waals surface area contributed by atoms with Crippen molar-refractivity contribution in [3.8, 4) is 0 Å². The summed E-state index contributed by atoms with van der Waals surface area (Å²) in [7, 11) is 0. The maximum Gasteiger partial charge on any atom is 0.229 e. The summed E-state index contributed by atoms with van der Waals surface area (Å²) in [6, 6.07) is 9.60. The molecule has 0 fully saturated rings. The maximum atomic E-state index is 13.1. The molecule has 0 atom stereocenters. The summed E-state index contributed by atoms with van der Waals surface area (Å²) >= 11 is 0. The van der Waals surface area contributed by atoms with Gasteiger partial charge in [0.2, 0.25) is 5.91 Å². The Morgan fingerprint density at radius 2 is 1.88 bits per heavy atom. The summed E-state index contributed by atoms with van der Waals surface area (Å²) < 4.78 is 13.1. The van der Waals surface area contributed by atoms with Gasteiger partial charge in [0, 0.05) is 13.1 Å². The van der Waals surface area contributed by atoms with Crippen LogP contribution in [0.1, 0.15) is 32.3 Å². The third kappa shape index (κ3) is 5.30. The van der Waals surface area contributed by atoms with Crippen molar-refractivity contribution in [2.75, 3.05) is 23.3 Å². The molecule has 1 N–H and O–H groups in total. The number of nitrogens with zero attached hydrogens (tertiary/aromatic N) is 3. The smallest absolute Gasteiger partial charge is 0.229 e. The Labute approximate surface area is 141 Å². The summed E-state index contributed by atoms with van der Waals surface area (Å²) in [6.45, 7) is 6.09. The first-order chi connectivity index (χ1) is 11.6. The summed E-state index contributed by atoms with van der Waals surface area (Å²) in [5, 5.41) is 10.9. The average molecular weight is 330 g/mol. The first-order valence-corrected chi connectivity index (χ1v) is 8.25. The van der Waals surface area contributed by atoms with E-state index in [9.17, 15) is 9.18 Å². The second-order valence-electron chi connectivity index (χ2n) is 5.62. The van der Waals surface area contributed by atoms with Crippen LogP contribution >= 0.6 is 0 Å². The van der Waals surface area contributed by atoms with Crippen LogP contribution in [0.2, 0.25) is 0 Å². The van der Waals surface area contributed by atoms with E-state index in [4.69, 9.17) is 0 Å². The lowest BCUT2D eigenvalue weighted by atomic mass is 10.1. The second kappa shape index (κ2) is 8.96. The highest BCUT2D eigenvalue weighted by Gasteiger charge is 2.09. The highest BCUT2D eigenvalue weighted by atomic mass is 19.1. The van der Waals surface area contributed by atoms with Crippen LogP contribution in [0.4, 0.5) is 16.0 Å². The summed E-state index contributed by atoms with van der Waals surface area (Å²) in [5.41, 5.74) is 0.620. The van der Waals surface area contributed by atoms with Gasteiger partial charge in [-0.15, -0.1) is 10.2 Å². The minimum absolute atomic E-state index is 0.0962. The fourth-order valence-corrected chi connectivity index (χ4v) is 2.46. The zero-order valence-electron chi connectivity index (χ0n) is 14.1. The zero-order valence-corrected chi connectivity index (χ0v) is 14.1. The van der Waals surface area contributed by atoms with Gasteiger partial charge >= 0.3 is 0 Å². The molecule has 0 bridgehead atoms. The molecular formula is C18H23FN4O. The van der Waals surface area contributed by atoms with Gasteiger partial charge in [0.15, 0.2) is 11.6 Å². The number of nitrogens with one attached hydrogen (secondary N) is 1. The van der Waals surface area contributed by atoms with Gasteiger partial charge < -0.3 is 10.2 Å². The van der Waals surface area contributed by atoms with Crippen molar-refractivity contribution in [2.24, 2.45) is 0 Å². The van der Waals surface area contributed by atoms with Crippen molar-refractivity contribution in [1.29, 1.82) is 0 Å². The maximum absolute atomic E-state index is 13.1. The van der Waals surface area contributed by atoms with E-state index in [0.29, 0.717) is 11.4 Å². The van der Waals surface area contributed by atoms with E-state index < -0.39 is 0 Å². The van der Waals surface area contributed by atoms with Crippen LogP contribution in [0.15, 0.2) is 36.4 Å². The van der Waals surface area contributed by atoms with Crippen molar-refractivity contribution < 1.29 is 9.18 Å². The minimum atomic E-state index is -0.351. The van der Waals surface area contributed by atoms with Gasteiger partial charge in [0.1, 0.15) is 5.82 Å². The van der Waals surface area contributed by atoms with E-state index in [1.807, 2.05) is 6.07 Å². The molecule has 0 spiro atoms. The number of rotatable bonds is 8. The second-order valence-corrected chi connectivity index (χ2v) is 5.62. The predicted molar refractivity (Wildman–Crippen MR) is 93.6 cm³/mol. The van der Waals surface area contributed by atoms with E-state index in [1.165, 1.54) is 12.1 Å². The lowest BCUT2D eigenvalue weighted by Crippen LogP contribution is -2.26. The monoisotopic (exact) mass is 330 g/mol. The number of benzene rings is 1. The SMILES string of the molecule is CCCN(CCC)c1ccc(NC(=O)Cc2cccc(F)c2)nn1. The number of amides is 1. The van der Waals surface area contributed by atoms with Crippen molar-refractivity contribution in [2.45, 2.75) is 33.1 Å². The molecule has 0 saturated carbocycles. The lowest BCUT2D eigenvalue weighted by Gasteiger charge is -2.21. The lowest BCUT2D eigenvalue weighted by molar-refractivity contribution is -0.115. The third-order valence-electron chi connectivity index (χ3n) is 3.48. The molecule has 0 unspecified atom stereocenters. The molecule has 0 aliphatic heterocycles. The van der Waals surface area contributed by atoms with Crippen LogP contribution in [0.5, 0.6) is 0 Å². The van der Waals surface area contributed by atoms with Gasteiger partial charge in [-0.1, -0.05) is 26.0 Å². The quantitative estimate of drug-likeness (QED) is 0.806. The molecule has 6 heteroatoms. The number of aromatic nitrogens is 2. The van der Waals surface area contributed by atoms with Crippen LogP contribution < -0.4 is 10.2 Å². The van der Waals surface area contributed by atoms with Crippen molar-refractivity contribution in [1.82, 2.24) is 10.2 Å². The number of carbonyl (C=O) groups excluding carboxylic acids is 1. The topological polar surface area (TPSA) is 58.1 Å². The molecule has 1 amide bonds. The molecule has 0 aliphatic carbocycles. The molecule has 0 aliphatic rings. The fourth-order valence-electron chi connectivity index (χ4n) is 2.46. The molecule has 0 saturated heterocycles. The van der Waals surface area contributed by atoms with Crippen LogP contribution in [0, 0.1) is 5.82 Å². The van der Waals surface area contributed by atoms with E-state index in [1.54, 1.807) is 18.2 Å². The molecule has 5 nitrogen and oxygen atoms in total. The Hall–Kier alpha value is -2.50. The summed E-state index contributed by atoms with van der Waals surface area (Å²) in [4.78, 5) is 14.2. The predicted octanol–water partition coefficient (Wildman–Crippen LogP) is 3.42. The largest absolute Gasteiger partial charge is 0.355 e. The molecule has 0 radical (unpaired) electrons. The van der Waals surface area contributed by atoms with Crippen molar-refractivity contribution >= 4 is 17.5 Å². The average Bonchev–Trinajstić information content (AvgIpc) is 2.55. The van der Waals surface area contributed by atoms with Crippen LogP contribution in [0.25, 0.3) is 0 Å². The highest BCUT2D eigenvalue weighted by molar-refractivity contribution is 5.91. The van der Waals surface area contributed by atoms with Crippen LogP contribution in [0.3, 0.4) is 0 Å². The van der Waals surface area contributed by atoms with E-state index in [2.05, 4.69) is 34.3 Å². The number of halogens is 1. The summed E-state index contributed by atoms with van der Waals surface area (Å²) in [6.07, 6.45) is 2.17. The number of anilines is 2. The van der Waals surface area contributed by atoms with Gasteiger partial charge in [0.25, 0.3) is 0 Å². The molecule has 1 heterocycles. The van der Waals surface area contributed by atoms with Gasteiger partial charge in [0.05, 0.1) is 6.42 Å². The van der Waals surface area contributed by atoms with E-state index >= 15 is 0 Å². The Morgan fingerprint density at radius 3 is 2.46 bits per heavy atom. The Morgan fingerprint density at radius 1 is 1.12 bits per heavy atom. The molecule has 2 aromatic rings. The number of carbonyl (C=O) groups is 1. The third-order valence-corrected chi connectivity index (χ3v) is 3.48.